The number of piperidine rings is 1. The van der Waals surface area contributed by atoms with Crippen molar-refractivity contribution >= 4 is 33.4 Å². The lowest BCUT2D eigenvalue weighted by Crippen LogP contribution is -2.41. The predicted octanol–water partition coefficient (Wildman–Crippen LogP) is 4.06. The predicted molar refractivity (Wildman–Crippen MR) is 114 cm³/mol. The van der Waals surface area contributed by atoms with Crippen molar-refractivity contribution in [3.8, 4) is 0 Å². The SMILES string of the molecule is CSc1cccc(NC(=O)C2CCN(S(=O)(=O)c3ccc(C)c(C)c3)CC2)c1. The van der Waals surface area contributed by atoms with Gasteiger partial charge in [-0.25, -0.2) is 8.42 Å². The molecule has 0 aliphatic carbocycles. The molecule has 0 aromatic heterocycles. The molecule has 2 aromatic carbocycles. The third-order valence-corrected chi connectivity index (χ3v) is 7.90. The van der Waals surface area contributed by atoms with Crippen LogP contribution < -0.4 is 5.32 Å². The first-order chi connectivity index (χ1) is 13.3. The summed E-state index contributed by atoms with van der Waals surface area (Å²) in [6.45, 7) is 4.60. The number of hydrogen-bond acceptors (Lipinski definition) is 4. The van der Waals surface area contributed by atoms with Crippen LogP contribution in [0.25, 0.3) is 0 Å². The Morgan fingerprint density at radius 3 is 2.43 bits per heavy atom. The van der Waals surface area contributed by atoms with Crippen molar-refractivity contribution < 1.29 is 13.2 Å². The first-order valence-corrected chi connectivity index (χ1v) is 12.0. The molecule has 5 nitrogen and oxygen atoms in total. The number of carbonyl (C=O) groups excluding carboxylic acids is 1. The van der Waals surface area contributed by atoms with Gasteiger partial charge in [0.2, 0.25) is 15.9 Å². The van der Waals surface area contributed by atoms with E-state index in [2.05, 4.69) is 5.32 Å². The van der Waals surface area contributed by atoms with Gasteiger partial charge < -0.3 is 5.32 Å². The van der Waals surface area contributed by atoms with Crippen LogP contribution in [0, 0.1) is 19.8 Å². The summed E-state index contributed by atoms with van der Waals surface area (Å²) in [5.74, 6) is -0.217. The number of amides is 1. The van der Waals surface area contributed by atoms with E-state index in [1.807, 2.05) is 50.4 Å². The Hall–Kier alpha value is -1.83. The van der Waals surface area contributed by atoms with Crippen LogP contribution in [0.4, 0.5) is 5.69 Å². The van der Waals surface area contributed by atoms with Crippen LogP contribution in [0.3, 0.4) is 0 Å². The third kappa shape index (κ3) is 4.59. The molecule has 1 saturated heterocycles. The lowest BCUT2D eigenvalue weighted by molar-refractivity contribution is -0.120. The summed E-state index contributed by atoms with van der Waals surface area (Å²) < 4.78 is 27.3. The summed E-state index contributed by atoms with van der Waals surface area (Å²) in [5, 5.41) is 2.97. The van der Waals surface area contributed by atoms with Crippen LogP contribution in [0.1, 0.15) is 24.0 Å². The molecule has 0 bridgehead atoms. The summed E-state index contributed by atoms with van der Waals surface area (Å²) in [6.07, 6.45) is 3.04. The Balaban J connectivity index is 1.63. The number of aryl methyl sites for hydroxylation is 2. The quantitative estimate of drug-likeness (QED) is 0.744. The average Bonchev–Trinajstić information content (AvgIpc) is 2.70. The van der Waals surface area contributed by atoms with E-state index in [9.17, 15) is 13.2 Å². The molecule has 150 valence electrons. The van der Waals surface area contributed by atoms with Gasteiger partial charge in [0.05, 0.1) is 4.90 Å². The molecule has 0 spiro atoms. The summed E-state index contributed by atoms with van der Waals surface area (Å²) in [6, 6.07) is 13.0. The molecule has 3 rings (SSSR count). The van der Waals surface area contributed by atoms with Crippen molar-refractivity contribution in [2.75, 3.05) is 24.7 Å². The topological polar surface area (TPSA) is 66.5 Å². The normalized spacial score (nSPS) is 16.1. The van der Waals surface area contributed by atoms with Gasteiger partial charge in [0.25, 0.3) is 0 Å². The van der Waals surface area contributed by atoms with Gasteiger partial charge in [-0.3, -0.25) is 4.79 Å². The molecule has 1 N–H and O–H groups in total. The van der Waals surface area contributed by atoms with Gasteiger partial charge in [0.1, 0.15) is 0 Å². The molecule has 7 heteroatoms. The van der Waals surface area contributed by atoms with Crippen LogP contribution >= 0.6 is 11.8 Å². The Morgan fingerprint density at radius 1 is 1.07 bits per heavy atom. The molecule has 28 heavy (non-hydrogen) atoms. The Bertz CT molecular complexity index is 965. The first-order valence-electron chi connectivity index (χ1n) is 9.33. The first kappa shape index (κ1) is 20.9. The number of rotatable bonds is 5. The van der Waals surface area contributed by atoms with E-state index in [0.717, 1.165) is 21.7 Å². The largest absolute Gasteiger partial charge is 0.326 e. The van der Waals surface area contributed by atoms with Gasteiger partial charge >= 0.3 is 0 Å². The number of carbonyl (C=O) groups is 1. The summed E-state index contributed by atoms with van der Waals surface area (Å²) >= 11 is 1.62. The summed E-state index contributed by atoms with van der Waals surface area (Å²) in [4.78, 5) is 14.0. The zero-order valence-corrected chi connectivity index (χ0v) is 18.1. The van der Waals surface area contributed by atoms with Gasteiger partial charge in [-0.2, -0.15) is 4.31 Å². The van der Waals surface area contributed by atoms with Crippen molar-refractivity contribution in [1.82, 2.24) is 4.31 Å². The van der Waals surface area contributed by atoms with Gasteiger partial charge in [-0.1, -0.05) is 12.1 Å². The summed E-state index contributed by atoms with van der Waals surface area (Å²) in [7, 11) is -3.52. The minimum Gasteiger partial charge on any atom is -0.326 e. The number of benzene rings is 2. The minimum absolute atomic E-state index is 0.0403. The van der Waals surface area contributed by atoms with Crippen LogP contribution in [0.15, 0.2) is 52.3 Å². The Morgan fingerprint density at radius 2 is 1.79 bits per heavy atom. The van der Waals surface area contributed by atoms with E-state index in [4.69, 9.17) is 0 Å². The minimum atomic E-state index is -3.52. The molecule has 2 aromatic rings. The average molecular weight is 419 g/mol. The van der Waals surface area contributed by atoms with Gasteiger partial charge in [-0.15, -0.1) is 11.8 Å². The van der Waals surface area contributed by atoms with E-state index >= 15 is 0 Å². The lowest BCUT2D eigenvalue weighted by atomic mass is 9.97. The molecule has 0 unspecified atom stereocenters. The molecule has 0 radical (unpaired) electrons. The number of nitrogens with zero attached hydrogens (tertiary/aromatic N) is 1. The number of thioether (sulfide) groups is 1. The van der Waals surface area contributed by atoms with Crippen molar-refractivity contribution in [2.24, 2.45) is 5.92 Å². The number of hydrogen-bond donors (Lipinski definition) is 1. The van der Waals surface area contributed by atoms with Crippen molar-refractivity contribution in [3.63, 3.8) is 0 Å². The Labute approximate surface area is 171 Å². The molecule has 0 atom stereocenters. The van der Waals surface area contributed by atoms with E-state index in [1.165, 1.54) is 4.31 Å². The molecule has 1 fully saturated rings. The maximum absolute atomic E-state index is 12.9. The highest BCUT2D eigenvalue weighted by Crippen LogP contribution is 2.26. The number of nitrogens with one attached hydrogen (secondary N) is 1. The highest BCUT2D eigenvalue weighted by atomic mass is 32.2. The standard InChI is InChI=1S/C21H26N2O3S2/c1-15-7-8-20(13-16(15)2)28(25,26)23-11-9-17(10-12-23)21(24)22-18-5-4-6-19(14-18)27-3/h4-8,13-14,17H,9-12H2,1-3H3,(H,22,24). The molecular formula is C21H26N2O3S2. The van der Waals surface area contributed by atoms with Gasteiger partial charge in [0, 0.05) is 29.6 Å². The van der Waals surface area contributed by atoms with E-state index in [0.29, 0.717) is 30.8 Å². The lowest BCUT2D eigenvalue weighted by Gasteiger charge is -2.30. The third-order valence-electron chi connectivity index (χ3n) is 5.28. The zero-order chi connectivity index (χ0) is 20.3. The highest BCUT2D eigenvalue weighted by Gasteiger charge is 2.32. The fourth-order valence-corrected chi connectivity index (χ4v) is 5.34. The number of sulfonamides is 1. The molecule has 1 amide bonds. The van der Waals surface area contributed by atoms with Crippen molar-refractivity contribution in [1.29, 1.82) is 0 Å². The van der Waals surface area contributed by atoms with Crippen LogP contribution in [0.5, 0.6) is 0 Å². The maximum Gasteiger partial charge on any atom is 0.243 e. The van der Waals surface area contributed by atoms with Crippen LogP contribution in [0.2, 0.25) is 0 Å². The molecule has 1 heterocycles. The van der Waals surface area contributed by atoms with Crippen LogP contribution in [-0.4, -0.2) is 38.0 Å². The second kappa shape index (κ2) is 8.68. The fraction of sp³-hybridized carbons (Fsp3) is 0.381. The van der Waals surface area contributed by atoms with E-state index < -0.39 is 10.0 Å². The molecular weight excluding hydrogens is 392 g/mol. The van der Waals surface area contributed by atoms with E-state index in [1.54, 1.807) is 23.9 Å². The fourth-order valence-electron chi connectivity index (χ4n) is 3.33. The van der Waals surface area contributed by atoms with Gasteiger partial charge in [0.15, 0.2) is 0 Å². The highest BCUT2D eigenvalue weighted by molar-refractivity contribution is 7.98. The smallest absolute Gasteiger partial charge is 0.243 e. The zero-order valence-electron chi connectivity index (χ0n) is 16.4. The monoisotopic (exact) mass is 418 g/mol. The van der Waals surface area contributed by atoms with Crippen molar-refractivity contribution in [3.05, 3.63) is 53.6 Å². The van der Waals surface area contributed by atoms with Crippen molar-refractivity contribution in [2.45, 2.75) is 36.5 Å². The van der Waals surface area contributed by atoms with E-state index in [-0.39, 0.29) is 11.8 Å². The molecule has 0 saturated carbocycles. The second-order valence-electron chi connectivity index (χ2n) is 7.15. The molecule has 1 aliphatic rings. The van der Waals surface area contributed by atoms with Gasteiger partial charge in [-0.05, 0) is 74.4 Å². The Kier molecular flexibility index (Phi) is 6.47. The summed E-state index contributed by atoms with van der Waals surface area (Å²) in [5.41, 5.74) is 2.81. The molecule has 1 aliphatic heterocycles. The second-order valence-corrected chi connectivity index (χ2v) is 9.96. The number of anilines is 1. The maximum atomic E-state index is 12.9. The van der Waals surface area contributed by atoms with Crippen LogP contribution in [-0.2, 0) is 14.8 Å².